The van der Waals surface area contributed by atoms with Crippen LogP contribution in [0.15, 0.2) is 36.4 Å². The molecule has 23 heavy (non-hydrogen) atoms. The molecule has 2 aliphatic rings. The third-order valence-corrected chi connectivity index (χ3v) is 5.36. The second-order valence-corrected chi connectivity index (χ2v) is 6.97. The Hall–Kier alpha value is -1.61. The molecule has 0 unspecified atom stereocenters. The average Bonchev–Trinajstić information content (AvgIpc) is 2.61. The minimum absolute atomic E-state index is 0.164. The summed E-state index contributed by atoms with van der Waals surface area (Å²) in [6.45, 7) is 3.04. The van der Waals surface area contributed by atoms with Gasteiger partial charge in [0, 0.05) is 25.2 Å². The molecule has 2 heterocycles. The van der Waals surface area contributed by atoms with E-state index < -0.39 is 0 Å². The smallest absolute Gasteiger partial charge is 0.246 e. The molecule has 1 aromatic rings. The Bertz CT molecular complexity index is 540. The number of benzene rings is 1. The van der Waals surface area contributed by atoms with Gasteiger partial charge in [0.05, 0.1) is 0 Å². The maximum Gasteiger partial charge on any atom is 0.246 e. The van der Waals surface area contributed by atoms with Gasteiger partial charge in [-0.15, -0.1) is 0 Å². The van der Waals surface area contributed by atoms with E-state index in [0.717, 1.165) is 25.1 Å². The number of piperidine rings is 2. The first-order chi connectivity index (χ1) is 11.2. The molecule has 1 amide bonds. The first-order valence-electron chi connectivity index (χ1n) is 8.96. The molecule has 0 aliphatic carbocycles. The first kappa shape index (κ1) is 16.3. The maximum absolute atomic E-state index is 12.5. The average molecular weight is 312 g/mol. The van der Waals surface area contributed by atoms with Crippen LogP contribution in [-0.2, 0) is 4.79 Å². The lowest BCUT2D eigenvalue weighted by atomic mass is 9.85. The molecule has 3 heteroatoms. The monoisotopic (exact) mass is 312 g/mol. The molecule has 0 bridgehead atoms. The lowest BCUT2D eigenvalue weighted by Gasteiger charge is -2.42. The van der Waals surface area contributed by atoms with Crippen molar-refractivity contribution in [2.45, 2.75) is 38.1 Å². The Morgan fingerprint density at radius 2 is 1.91 bits per heavy atom. The zero-order chi connectivity index (χ0) is 16.1. The Balaban J connectivity index is 1.59. The van der Waals surface area contributed by atoms with Crippen molar-refractivity contribution in [3.63, 3.8) is 0 Å². The SMILES string of the molecule is CN1CCCC[C@@H]1[C@H]1CCCN(C(=O)C=Cc2ccccc2)C1. The largest absolute Gasteiger partial charge is 0.339 e. The molecular weight excluding hydrogens is 284 g/mol. The van der Waals surface area contributed by atoms with Gasteiger partial charge in [-0.2, -0.15) is 0 Å². The lowest BCUT2D eigenvalue weighted by Crippen LogP contribution is -2.49. The second-order valence-electron chi connectivity index (χ2n) is 6.97. The third kappa shape index (κ3) is 4.23. The van der Waals surface area contributed by atoms with E-state index in [1.54, 1.807) is 6.08 Å². The summed E-state index contributed by atoms with van der Waals surface area (Å²) in [6.07, 6.45) is 10.0. The van der Waals surface area contributed by atoms with Crippen molar-refractivity contribution in [3.8, 4) is 0 Å². The summed E-state index contributed by atoms with van der Waals surface area (Å²) in [6, 6.07) is 10.7. The summed E-state index contributed by atoms with van der Waals surface area (Å²) in [7, 11) is 2.25. The quantitative estimate of drug-likeness (QED) is 0.799. The fraction of sp³-hybridized carbons (Fsp3) is 0.550. The predicted octanol–water partition coefficient (Wildman–Crippen LogP) is 3.42. The van der Waals surface area contributed by atoms with Gasteiger partial charge in [-0.3, -0.25) is 4.79 Å². The minimum Gasteiger partial charge on any atom is -0.339 e. The number of rotatable bonds is 3. The van der Waals surface area contributed by atoms with E-state index in [1.165, 1.54) is 32.2 Å². The van der Waals surface area contributed by atoms with Crippen LogP contribution in [-0.4, -0.2) is 48.4 Å². The molecule has 2 saturated heterocycles. The molecule has 1 aromatic carbocycles. The van der Waals surface area contributed by atoms with Crippen molar-refractivity contribution >= 4 is 12.0 Å². The van der Waals surface area contributed by atoms with Crippen LogP contribution in [0.4, 0.5) is 0 Å². The van der Waals surface area contributed by atoms with E-state index >= 15 is 0 Å². The molecule has 0 spiro atoms. The van der Waals surface area contributed by atoms with Gasteiger partial charge >= 0.3 is 0 Å². The lowest BCUT2D eigenvalue weighted by molar-refractivity contribution is -0.128. The normalized spacial score (nSPS) is 26.6. The minimum atomic E-state index is 0.164. The van der Waals surface area contributed by atoms with E-state index in [-0.39, 0.29) is 5.91 Å². The molecular formula is C20H28N2O. The van der Waals surface area contributed by atoms with Crippen LogP contribution in [0.2, 0.25) is 0 Å². The fourth-order valence-electron chi connectivity index (χ4n) is 4.06. The Labute approximate surface area is 140 Å². The molecule has 3 nitrogen and oxygen atoms in total. The van der Waals surface area contributed by atoms with Crippen LogP contribution in [0.25, 0.3) is 6.08 Å². The number of amides is 1. The van der Waals surface area contributed by atoms with E-state index in [1.807, 2.05) is 36.4 Å². The summed E-state index contributed by atoms with van der Waals surface area (Å²) < 4.78 is 0. The highest BCUT2D eigenvalue weighted by Crippen LogP contribution is 2.28. The summed E-state index contributed by atoms with van der Waals surface area (Å²) in [5.74, 6) is 0.806. The van der Waals surface area contributed by atoms with Crippen LogP contribution >= 0.6 is 0 Å². The number of carbonyl (C=O) groups excluding carboxylic acids is 1. The van der Waals surface area contributed by atoms with Gasteiger partial charge in [0.2, 0.25) is 5.91 Å². The highest BCUT2D eigenvalue weighted by Gasteiger charge is 2.32. The van der Waals surface area contributed by atoms with Crippen molar-refractivity contribution in [1.82, 2.24) is 9.80 Å². The van der Waals surface area contributed by atoms with Crippen molar-refractivity contribution < 1.29 is 4.79 Å². The number of hydrogen-bond donors (Lipinski definition) is 0. The second kappa shape index (κ2) is 7.78. The fourth-order valence-corrected chi connectivity index (χ4v) is 4.06. The molecule has 2 fully saturated rings. The summed E-state index contributed by atoms with van der Waals surface area (Å²) in [5, 5.41) is 0. The van der Waals surface area contributed by atoms with Crippen LogP contribution in [0.3, 0.4) is 0 Å². The highest BCUT2D eigenvalue weighted by molar-refractivity contribution is 5.91. The van der Waals surface area contributed by atoms with Gasteiger partial charge in [0.1, 0.15) is 0 Å². The topological polar surface area (TPSA) is 23.6 Å². The molecule has 2 aliphatic heterocycles. The molecule has 0 aromatic heterocycles. The standard InChI is InChI=1S/C20H28N2O/c1-21-14-6-5-11-19(21)18-10-7-15-22(16-18)20(23)13-12-17-8-3-2-4-9-17/h2-4,8-9,12-13,18-19H,5-7,10-11,14-16H2,1H3/t18-,19+/m0/s1. The van der Waals surface area contributed by atoms with E-state index in [2.05, 4.69) is 16.8 Å². The zero-order valence-electron chi connectivity index (χ0n) is 14.2. The molecule has 0 radical (unpaired) electrons. The number of likely N-dealkylation sites (tertiary alicyclic amines) is 2. The molecule has 124 valence electrons. The highest BCUT2D eigenvalue weighted by atomic mass is 16.2. The number of nitrogens with zero attached hydrogens (tertiary/aromatic N) is 2. The summed E-state index contributed by atoms with van der Waals surface area (Å²) in [4.78, 5) is 17.1. The molecule has 0 saturated carbocycles. The van der Waals surface area contributed by atoms with E-state index in [4.69, 9.17) is 0 Å². The van der Waals surface area contributed by atoms with Crippen LogP contribution in [0, 0.1) is 5.92 Å². The molecule has 3 rings (SSSR count). The van der Waals surface area contributed by atoms with Crippen molar-refractivity contribution in [2.24, 2.45) is 5.92 Å². The summed E-state index contributed by atoms with van der Waals surface area (Å²) in [5.41, 5.74) is 1.08. The molecule has 0 N–H and O–H groups in total. The van der Waals surface area contributed by atoms with Crippen LogP contribution in [0.1, 0.15) is 37.7 Å². The van der Waals surface area contributed by atoms with Gasteiger partial charge in [-0.25, -0.2) is 0 Å². The van der Waals surface area contributed by atoms with Crippen molar-refractivity contribution in [2.75, 3.05) is 26.7 Å². The van der Waals surface area contributed by atoms with Gasteiger partial charge in [0.15, 0.2) is 0 Å². The first-order valence-corrected chi connectivity index (χ1v) is 8.96. The van der Waals surface area contributed by atoms with Crippen LogP contribution < -0.4 is 0 Å². The van der Waals surface area contributed by atoms with Crippen molar-refractivity contribution in [3.05, 3.63) is 42.0 Å². The van der Waals surface area contributed by atoms with Gasteiger partial charge < -0.3 is 9.80 Å². The van der Waals surface area contributed by atoms with Crippen LogP contribution in [0.5, 0.6) is 0 Å². The Kier molecular flexibility index (Phi) is 5.50. The van der Waals surface area contributed by atoms with E-state index in [0.29, 0.717) is 12.0 Å². The number of hydrogen-bond acceptors (Lipinski definition) is 2. The molecule has 2 atom stereocenters. The zero-order valence-corrected chi connectivity index (χ0v) is 14.2. The number of carbonyl (C=O) groups is 1. The summed E-state index contributed by atoms with van der Waals surface area (Å²) >= 11 is 0. The maximum atomic E-state index is 12.5. The van der Waals surface area contributed by atoms with E-state index in [9.17, 15) is 4.79 Å². The Morgan fingerprint density at radius 1 is 1.09 bits per heavy atom. The van der Waals surface area contributed by atoms with Gasteiger partial charge in [-0.1, -0.05) is 36.8 Å². The van der Waals surface area contributed by atoms with Crippen molar-refractivity contribution in [1.29, 1.82) is 0 Å². The van der Waals surface area contributed by atoms with Gasteiger partial charge in [0.25, 0.3) is 0 Å². The van der Waals surface area contributed by atoms with Gasteiger partial charge in [-0.05, 0) is 56.8 Å². The predicted molar refractivity (Wildman–Crippen MR) is 95.0 cm³/mol. The Morgan fingerprint density at radius 3 is 2.70 bits per heavy atom. The third-order valence-electron chi connectivity index (χ3n) is 5.36.